The van der Waals surface area contributed by atoms with Crippen LogP contribution in [-0.2, 0) is 12.8 Å². The van der Waals surface area contributed by atoms with E-state index >= 15 is 0 Å². The zero-order chi connectivity index (χ0) is 14.5. The van der Waals surface area contributed by atoms with Crippen LogP contribution in [0.1, 0.15) is 17.5 Å². The molecule has 2 atom stereocenters. The Morgan fingerprint density at radius 3 is 2.62 bits per heavy atom. The topological polar surface area (TPSA) is 21.3 Å². The third-order valence-corrected chi connectivity index (χ3v) is 4.42. The first-order valence-electron chi connectivity index (χ1n) is 7.75. The minimum absolute atomic E-state index is 0.567. The van der Waals surface area contributed by atoms with Gasteiger partial charge in [-0.1, -0.05) is 42.5 Å². The van der Waals surface area contributed by atoms with E-state index in [4.69, 9.17) is 4.74 Å². The zero-order valence-electron chi connectivity index (χ0n) is 12.6. The van der Waals surface area contributed by atoms with Gasteiger partial charge in [-0.15, -0.1) is 0 Å². The third kappa shape index (κ3) is 3.64. The molecule has 2 unspecified atom stereocenters. The molecule has 0 aromatic heterocycles. The lowest BCUT2D eigenvalue weighted by molar-refractivity contribution is 0.412. The quantitative estimate of drug-likeness (QED) is 0.906. The summed E-state index contributed by atoms with van der Waals surface area (Å²) in [5, 5.41) is 3.67. The number of nitrogens with one attached hydrogen (secondary N) is 1. The Balaban J connectivity index is 1.66. The number of benzene rings is 2. The van der Waals surface area contributed by atoms with E-state index in [0.717, 1.165) is 24.6 Å². The second-order valence-electron chi connectivity index (χ2n) is 5.85. The van der Waals surface area contributed by atoms with Gasteiger partial charge in [-0.3, -0.25) is 0 Å². The molecule has 1 aliphatic rings. The molecule has 0 spiro atoms. The summed E-state index contributed by atoms with van der Waals surface area (Å²) in [6, 6.07) is 19.8. The van der Waals surface area contributed by atoms with Crippen molar-refractivity contribution in [2.45, 2.75) is 25.3 Å². The average molecular weight is 281 g/mol. The van der Waals surface area contributed by atoms with Gasteiger partial charge in [-0.2, -0.15) is 0 Å². The van der Waals surface area contributed by atoms with Crippen LogP contribution in [0.5, 0.6) is 5.75 Å². The molecule has 0 bridgehead atoms. The molecule has 2 aromatic carbocycles. The Labute approximate surface area is 127 Å². The molecular weight excluding hydrogens is 258 g/mol. The Hall–Kier alpha value is -1.80. The fraction of sp³-hybridized carbons (Fsp3) is 0.368. The Morgan fingerprint density at radius 2 is 1.81 bits per heavy atom. The maximum atomic E-state index is 5.32. The third-order valence-electron chi connectivity index (χ3n) is 4.42. The van der Waals surface area contributed by atoms with Crippen molar-refractivity contribution in [3.05, 3.63) is 65.7 Å². The first-order valence-corrected chi connectivity index (χ1v) is 7.75. The van der Waals surface area contributed by atoms with Crippen molar-refractivity contribution in [1.29, 1.82) is 0 Å². The van der Waals surface area contributed by atoms with Crippen LogP contribution in [0, 0.1) is 5.92 Å². The molecule has 1 fully saturated rings. The minimum Gasteiger partial charge on any atom is -0.497 e. The van der Waals surface area contributed by atoms with Gasteiger partial charge in [-0.25, -0.2) is 0 Å². The number of hydrogen-bond donors (Lipinski definition) is 1. The molecule has 21 heavy (non-hydrogen) atoms. The molecule has 1 saturated heterocycles. The molecule has 2 nitrogen and oxygen atoms in total. The predicted octanol–water partition coefficient (Wildman–Crippen LogP) is 3.46. The SMILES string of the molecule is COc1cccc(CC2NCCC2Cc2ccccc2)c1. The number of rotatable bonds is 5. The van der Waals surface area contributed by atoms with Gasteiger partial charge in [0.2, 0.25) is 0 Å². The summed E-state index contributed by atoms with van der Waals surface area (Å²) < 4.78 is 5.32. The molecule has 0 radical (unpaired) electrons. The van der Waals surface area contributed by atoms with Gasteiger partial charge < -0.3 is 10.1 Å². The van der Waals surface area contributed by atoms with Crippen molar-refractivity contribution >= 4 is 0 Å². The van der Waals surface area contributed by atoms with Crippen LogP contribution in [0.2, 0.25) is 0 Å². The molecule has 2 aromatic rings. The highest BCUT2D eigenvalue weighted by atomic mass is 16.5. The fourth-order valence-corrected chi connectivity index (χ4v) is 3.28. The van der Waals surface area contributed by atoms with Crippen molar-refractivity contribution in [2.24, 2.45) is 5.92 Å². The van der Waals surface area contributed by atoms with Gasteiger partial charge in [0.25, 0.3) is 0 Å². The fourth-order valence-electron chi connectivity index (χ4n) is 3.28. The van der Waals surface area contributed by atoms with Gasteiger partial charge >= 0.3 is 0 Å². The van der Waals surface area contributed by atoms with Crippen LogP contribution in [0.15, 0.2) is 54.6 Å². The second-order valence-corrected chi connectivity index (χ2v) is 5.85. The van der Waals surface area contributed by atoms with E-state index in [-0.39, 0.29) is 0 Å². The van der Waals surface area contributed by atoms with Crippen LogP contribution in [0.25, 0.3) is 0 Å². The van der Waals surface area contributed by atoms with Gasteiger partial charge in [0, 0.05) is 6.04 Å². The van der Waals surface area contributed by atoms with Crippen LogP contribution in [0.3, 0.4) is 0 Å². The highest BCUT2D eigenvalue weighted by molar-refractivity contribution is 5.29. The molecule has 0 aliphatic carbocycles. The highest BCUT2D eigenvalue weighted by Crippen LogP contribution is 2.24. The van der Waals surface area contributed by atoms with Gasteiger partial charge in [0.15, 0.2) is 0 Å². The lowest BCUT2D eigenvalue weighted by atomic mass is 9.89. The minimum atomic E-state index is 0.567. The van der Waals surface area contributed by atoms with E-state index in [1.807, 2.05) is 6.07 Å². The second kappa shape index (κ2) is 6.77. The first-order chi connectivity index (χ1) is 10.3. The molecular formula is C19H23NO. The summed E-state index contributed by atoms with van der Waals surface area (Å²) in [6.45, 7) is 1.13. The Kier molecular flexibility index (Phi) is 4.56. The van der Waals surface area contributed by atoms with E-state index in [2.05, 4.69) is 53.8 Å². The van der Waals surface area contributed by atoms with Crippen molar-refractivity contribution in [2.75, 3.05) is 13.7 Å². The number of ether oxygens (including phenoxy) is 1. The summed E-state index contributed by atoms with van der Waals surface area (Å²) >= 11 is 0. The summed E-state index contributed by atoms with van der Waals surface area (Å²) in [6.07, 6.45) is 3.51. The van der Waals surface area contributed by atoms with Gasteiger partial charge in [-0.05, 0) is 55.0 Å². The summed E-state index contributed by atoms with van der Waals surface area (Å²) in [4.78, 5) is 0. The molecule has 1 heterocycles. The van der Waals surface area contributed by atoms with E-state index < -0.39 is 0 Å². The summed E-state index contributed by atoms with van der Waals surface area (Å²) in [5.41, 5.74) is 2.80. The molecule has 110 valence electrons. The first kappa shape index (κ1) is 14.2. The number of hydrogen-bond acceptors (Lipinski definition) is 2. The monoisotopic (exact) mass is 281 g/mol. The number of methoxy groups -OCH3 is 1. The van der Waals surface area contributed by atoms with Crippen molar-refractivity contribution in [3.63, 3.8) is 0 Å². The van der Waals surface area contributed by atoms with Crippen molar-refractivity contribution < 1.29 is 4.74 Å². The van der Waals surface area contributed by atoms with Gasteiger partial charge in [0.05, 0.1) is 7.11 Å². The maximum Gasteiger partial charge on any atom is 0.119 e. The lowest BCUT2D eigenvalue weighted by Gasteiger charge is -2.20. The van der Waals surface area contributed by atoms with Crippen LogP contribution >= 0.6 is 0 Å². The summed E-state index contributed by atoms with van der Waals surface area (Å²) in [5.74, 6) is 1.67. The van der Waals surface area contributed by atoms with E-state index in [1.54, 1.807) is 7.11 Å². The van der Waals surface area contributed by atoms with Crippen LogP contribution < -0.4 is 10.1 Å². The maximum absolute atomic E-state index is 5.32. The molecule has 0 saturated carbocycles. The standard InChI is InChI=1S/C19H23NO/c1-21-18-9-5-8-16(13-18)14-19-17(10-11-20-19)12-15-6-3-2-4-7-15/h2-9,13,17,19-20H,10-12,14H2,1H3. The normalized spacial score (nSPS) is 21.4. The summed E-state index contributed by atoms with van der Waals surface area (Å²) in [7, 11) is 1.73. The van der Waals surface area contributed by atoms with E-state index in [0.29, 0.717) is 6.04 Å². The average Bonchev–Trinajstić information content (AvgIpc) is 2.95. The van der Waals surface area contributed by atoms with Gasteiger partial charge in [0.1, 0.15) is 5.75 Å². The molecule has 2 heteroatoms. The molecule has 1 aliphatic heterocycles. The molecule has 3 rings (SSSR count). The smallest absolute Gasteiger partial charge is 0.119 e. The van der Waals surface area contributed by atoms with Crippen LogP contribution in [0.4, 0.5) is 0 Å². The molecule has 0 amide bonds. The van der Waals surface area contributed by atoms with Crippen molar-refractivity contribution in [1.82, 2.24) is 5.32 Å². The van der Waals surface area contributed by atoms with E-state index in [9.17, 15) is 0 Å². The Bertz CT molecular complexity index is 567. The predicted molar refractivity (Wildman–Crippen MR) is 86.7 cm³/mol. The highest BCUT2D eigenvalue weighted by Gasteiger charge is 2.26. The Morgan fingerprint density at radius 1 is 1.00 bits per heavy atom. The van der Waals surface area contributed by atoms with Crippen LogP contribution in [-0.4, -0.2) is 19.7 Å². The van der Waals surface area contributed by atoms with Crippen molar-refractivity contribution in [3.8, 4) is 5.75 Å². The largest absolute Gasteiger partial charge is 0.497 e. The van der Waals surface area contributed by atoms with E-state index in [1.165, 1.54) is 24.0 Å². The molecule has 1 N–H and O–H groups in total. The zero-order valence-corrected chi connectivity index (χ0v) is 12.6. The lowest BCUT2D eigenvalue weighted by Crippen LogP contribution is -2.30.